The van der Waals surface area contributed by atoms with Gasteiger partial charge < -0.3 is 15.1 Å². The fraction of sp³-hybridized carbons (Fsp3) is 0.632. The van der Waals surface area contributed by atoms with Crippen molar-refractivity contribution in [3.8, 4) is 0 Å². The molecule has 24 heavy (non-hydrogen) atoms. The second-order valence-electron chi connectivity index (χ2n) is 7.17. The number of rotatable bonds is 5. The summed E-state index contributed by atoms with van der Waals surface area (Å²) < 4.78 is 0. The van der Waals surface area contributed by atoms with Crippen molar-refractivity contribution in [1.29, 1.82) is 0 Å². The number of carbonyl (C=O) groups is 1. The monoisotopic (exact) mass is 330 g/mol. The lowest BCUT2D eigenvalue weighted by molar-refractivity contribution is 0.139. The summed E-state index contributed by atoms with van der Waals surface area (Å²) in [6.45, 7) is 7.79. The molecule has 5 heteroatoms. The van der Waals surface area contributed by atoms with Gasteiger partial charge in [-0.15, -0.1) is 0 Å². The fourth-order valence-electron chi connectivity index (χ4n) is 3.64. The maximum atomic E-state index is 12.3. The summed E-state index contributed by atoms with van der Waals surface area (Å²) in [7, 11) is 2.15. The van der Waals surface area contributed by atoms with E-state index in [0.29, 0.717) is 5.92 Å². The van der Waals surface area contributed by atoms with E-state index in [1.165, 1.54) is 12.0 Å². The van der Waals surface area contributed by atoms with Gasteiger partial charge in [-0.05, 0) is 37.9 Å². The second kappa shape index (κ2) is 8.49. The number of amides is 2. The van der Waals surface area contributed by atoms with E-state index in [4.69, 9.17) is 0 Å². The van der Waals surface area contributed by atoms with Crippen molar-refractivity contribution in [1.82, 2.24) is 20.0 Å². The van der Waals surface area contributed by atoms with Gasteiger partial charge in [0.1, 0.15) is 0 Å². The molecule has 3 rings (SSSR count). The van der Waals surface area contributed by atoms with Crippen LogP contribution >= 0.6 is 0 Å². The van der Waals surface area contributed by atoms with Gasteiger partial charge in [-0.3, -0.25) is 4.90 Å². The minimum Gasteiger partial charge on any atom is -0.338 e. The van der Waals surface area contributed by atoms with E-state index in [0.717, 1.165) is 58.8 Å². The summed E-state index contributed by atoms with van der Waals surface area (Å²) in [5, 5.41) is 3.13. The molecule has 2 aliphatic heterocycles. The average molecular weight is 330 g/mol. The minimum absolute atomic E-state index is 0.118. The number of piperazine rings is 1. The van der Waals surface area contributed by atoms with E-state index in [9.17, 15) is 4.79 Å². The molecule has 0 aliphatic carbocycles. The molecule has 2 heterocycles. The number of hydrogen-bond acceptors (Lipinski definition) is 3. The Labute approximate surface area is 145 Å². The van der Waals surface area contributed by atoms with Crippen LogP contribution in [-0.4, -0.2) is 80.1 Å². The number of benzene rings is 1. The van der Waals surface area contributed by atoms with Crippen LogP contribution in [0.3, 0.4) is 0 Å². The van der Waals surface area contributed by atoms with Gasteiger partial charge in [0.25, 0.3) is 0 Å². The number of carbonyl (C=O) groups excluding carboxylic acids is 1. The van der Waals surface area contributed by atoms with Gasteiger partial charge >= 0.3 is 6.03 Å². The molecule has 1 N–H and O–H groups in total. The summed E-state index contributed by atoms with van der Waals surface area (Å²) in [5.41, 5.74) is 1.39. The molecule has 2 fully saturated rings. The highest BCUT2D eigenvalue weighted by atomic mass is 16.2. The first-order chi connectivity index (χ1) is 11.7. The molecule has 0 radical (unpaired) electrons. The SMILES string of the molecule is CN1CC[C@H](CNC(=O)N2CCN(CCc3ccccc3)CC2)C1. The highest BCUT2D eigenvalue weighted by Gasteiger charge is 2.23. The number of nitrogens with zero attached hydrogens (tertiary/aromatic N) is 3. The maximum Gasteiger partial charge on any atom is 0.317 e. The van der Waals surface area contributed by atoms with Crippen LogP contribution in [0.1, 0.15) is 12.0 Å². The molecule has 0 bridgehead atoms. The van der Waals surface area contributed by atoms with Gasteiger partial charge in [-0.25, -0.2) is 4.79 Å². The molecule has 132 valence electrons. The van der Waals surface area contributed by atoms with E-state index in [1.807, 2.05) is 4.90 Å². The molecule has 2 amide bonds. The molecule has 0 spiro atoms. The predicted octanol–water partition coefficient (Wildman–Crippen LogP) is 1.51. The molecule has 1 atom stereocenters. The zero-order valence-electron chi connectivity index (χ0n) is 14.8. The molecule has 5 nitrogen and oxygen atoms in total. The first-order valence-electron chi connectivity index (χ1n) is 9.18. The topological polar surface area (TPSA) is 38.8 Å². The fourth-order valence-corrected chi connectivity index (χ4v) is 3.64. The average Bonchev–Trinajstić information content (AvgIpc) is 3.04. The largest absolute Gasteiger partial charge is 0.338 e. The molecule has 2 saturated heterocycles. The number of nitrogens with one attached hydrogen (secondary N) is 1. The Kier molecular flexibility index (Phi) is 6.10. The molecule has 0 saturated carbocycles. The van der Waals surface area contributed by atoms with Gasteiger partial charge in [0.05, 0.1) is 0 Å². The third-order valence-corrected chi connectivity index (χ3v) is 5.25. The minimum atomic E-state index is 0.118. The summed E-state index contributed by atoms with van der Waals surface area (Å²) in [5.74, 6) is 0.617. The van der Waals surface area contributed by atoms with Crippen LogP contribution in [0.2, 0.25) is 0 Å². The van der Waals surface area contributed by atoms with Crippen LogP contribution in [0.5, 0.6) is 0 Å². The summed E-state index contributed by atoms with van der Waals surface area (Å²) in [4.78, 5) is 19.1. The van der Waals surface area contributed by atoms with Crippen molar-refractivity contribution in [2.24, 2.45) is 5.92 Å². The van der Waals surface area contributed by atoms with Crippen LogP contribution < -0.4 is 5.32 Å². The lowest BCUT2D eigenvalue weighted by Gasteiger charge is -2.34. The number of likely N-dealkylation sites (tertiary alicyclic amines) is 1. The highest BCUT2D eigenvalue weighted by Crippen LogP contribution is 2.13. The maximum absolute atomic E-state index is 12.3. The van der Waals surface area contributed by atoms with Gasteiger partial charge in [0, 0.05) is 45.8 Å². The van der Waals surface area contributed by atoms with Crippen molar-refractivity contribution >= 4 is 6.03 Å². The lowest BCUT2D eigenvalue weighted by Crippen LogP contribution is -2.52. The van der Waals surface area contributed by atoms with E-state index >= 15 is 0 Å². The van der Waals surface area contributed by atoms with Gasteiger partial charge in [0.15, 0.2) is 0 Å². The molecule has 2 aliphatic rings. The third kappa shape index (κ3) is 4.95. The number of urea groups is 1. The zero-order valence-corrected chi connectivity index (χ0v) is 14.8. The first-order valence-corrected chi connectivity index (χ1v) is 9.18. The molecular formula is C19H30N4O. The summed E-state index contributed by atoms with van der Waals surface area (Å²) in [6, 6.07) is 10.7. The van der Waals surface area contributed by atoms with Crippen molar-refractivity contribution in [3.63, 3.8) is 0 Å². The third-order valence-electron chi connectivity index (χ3n) is 5.25. The van der Waals surface area contributed by atoms with Gasteiger partial charge in [-0.1, -0.05) is 30.3 Å². The molecule has 0 unspecified atom stereocenters. The lowest BCUT2D eigenvalue weighted by atomic mass is 10.1. The number of hydrogen-bond donors (Lipinski definition) is 1. The Balaban J connectivity index is 1.33. The van der Waals surface area contributed by atoms with Crippen LogP contribution in [0.4, 0.5) is 4.79 Å². The Hall–Kier alpha value is -1.59. The second-order valence-corrected chi connectivity index (χ2v) is 7.17. The van der Waals surface area contributed by atoms with Crippen molar-refractivity contribution in [2.45, 2.75) is 12.8 Å². The Morgan fingerprint density at radius 3 is 2.54 bits per heavy atom. The zero-order chi connectivity index (χ0) is 16.8. The van der Waals surface area contributed by atoms with Crippen molar-refractivity contribution < 1.29 is 4.79 Å². The predicted molar refractivity (Wildman–Crippen MR) is 97.2 cm³/mol. The highest BCUT2D eigenvalue weighted by molar-refractivity contribution is 5.74. The van der Waals surface area contributed by atoms with Crippen molar-refractivity contribution in [2.75, 3.05) is 59.4 Å². The Morgan fingerprint density at radius 2 is 1.88 bits per heavy atom. The molecular weight excluding hydrogens is 300 g/mol. The van der Waals surface area contributed by atoms with Gasteiger partial charge in [-0.2, -0.15) is 0 Å². The van der Waals surface area contributed by atoms with Gasteiger partial charge in [0.2, 0.25) is 0 Å². The normalized spacial score (nSPS) is 22.7. The van der Waals surface area contributed by atoms with Crippen LogP contribution in [0.25, 0.3) is 0 Å². The summed E-state index contributed by atoms with van der Waals surface area (Å²) in [6.07, 6.45) is 2.28. The van der Waals surface area contributed by atoms with E-state index in [-0.39, 0.29) is 6.03 Å². The molecule has 1 aromatic carbocycles. The summed E-state index contributed by atoms with van der Waals surface area (Å²) >= 11 is 0. The Morgan fingerprint density at radius 1 is 1.12 bits per heavy atom. The van der Waals surface area contributed by atoms with E-state index < -0.39 is 0 Å². The Bertz CT molecular complexity index is 513. The smallest absolute Gasteiger partial charge is 0.317 e. The van der Waals surface area contributed by atoms with E-state index in [1.54, 1.807) is 0 Å². The van der Waals surface area contributed by atoms with Crippen molar-refractivity contribution in [3.05, 3.63) is 35.9 Å². The van der Waals surface area contributed by atoms with Crippen LogP contribution in [0.15, 0.2) is 30.3 Å². The molecule has 0 aromatic heterocycles. The van der Waals surface area contributed by atoms with Crippen LogP contribution in [-0.2, 0) is 6.42 Å². The molecule has 1 aromatic rings. The first kappa shape index (κ1) is 17.2. The quantitative estimate of drug-likeness (QED) is 0.889. The standard InChI is InChI=1S/C19H30N4O/c1-21-9-7-18(16-21)15-20-19(24)23-13-11-22(12-14-23)10-8-17-5-3-2-4-6-17/h2-6,18H,7-16H2,1H3,(H,20,24)/t18-/m1/s1. The van der Waals surface area contributed by atoms with E-state index in [2.05, 4.69) is 52.5 Å². The van der Waals surface area contributed by atoms with Crippen LogP contribution in [0, 0.1) is 5.92 Å².